The van der Waals surface area contributed by atoms with Crippen LogP contribution < -0.4 is 10.2 Å². The van der Waals surface area contributed by atoms with Crippen LogP contribution in [0, 0.1) is 25.7 Å². The highest BCUT2D eigenvalue weighted by Gasteiger charge is 2.43. The molecule has 5 aromatic heterocycles. The van der Waals surface area contributed by atoms with Gasteiger partial charge in [0.05, 0.1) is 33.9 Å². The quantitative estimate of drug-likeness (QED) is 0.113. The van der Waals surface area contributed by atoms with E-state index < -0.39 is 18.1 Å². The van der Waals surface area contributed by atoms with Gasteiger partial charge in [-0.15, -0.1) is 32.9 Å². The number of nitrogens with one attached hydrogen (secondary N) is 1. The number of β-amino-alcohol motifs (C(OH)–C–C–N with tert-alkyl or cyclic N) is 1. The number of amides is 2. The standard InChI is InChI=1S/C48H51N9O5S2/c1-25(2)42(47(61)57-23-33(58)17-39(57)45(60)52-28(5)30-11-13-31(14-12-30)44-29(6)51-24-63-44)41-19-37(55-62-41)32-20-49-48(50-21-32)56-16-15-34(26(3)22-56)43-27(4)36-18-38(53-54-46(36)64-43)35-9-7-8-10-40(35)59/h7-14,18-21,24-26,28,33-34,39,42,58-59H,15-17,22-23H2,1-6H3,(H,52,60)/t26-,28+,33-,34-,39+,42-/m1/s1. The first-order chi connectivity index (χ1) is 30.8. The van der Waals surface area contributed by atoms with E-state index in [0.717, 1.165) is 51.4 Å². The van der Waals surface area contributed by atoms with E-state index in [-0.39, 0.29) is 42.5 Å². The molecule has 7 heterocycles. The molecule has 3 N–H and O–H groups in total. The lowest BCUT2D eigenvalue weighted by atomic mass is 9.84. The lowest BCUT2D eigenvalue weighted by Gasteiger charge is -2.37. The lowest BCUT2D eigenvalue weighted by molar-refractivity contribution is -0.141. The number of aryl methyl sites for hydroxylation is 2. The summed E-state index contributed by atoms with van der Waals surface area (Å²) in [7, 11) is 0. The zero-order chi connectivity index (χ0) is 44.8. The van der Waals surface area contributed by atoms with E-state index in [4.69, 9.17) is 14.5 Å². The van der Waals surface area contributed by atoms with Gasteiger partial charge in [0.2, 0.25) is 17.8 Å². The predicted octanol–water partition coefficient (Wildman–Crippen LogP) is 8.46. The number of thiazole rings is 1. The smallest absolute Gasteiger partial charge is 0.243 e. The lowest BCUT2D eigenvalue weighted by Crippen LogP contribution is -2.48. The number of rotatable bonds is 11. The van der Waals surface area contributed by atoms with Crippen LogP contribution in [-0.4, -0.2) is 89.0 Å². The van der Waals surface area contributed by atoms with E-state index in [1.807, 2.05) is 75.7 Å². The minimum Gasteiger partial charge on any atom is -0.507 e. The minimum atomic E-state index is -0.839. The predicted molar refractivity (Wildman–Crippen MR) is 248 cm³/mol. The van der Waals surface area contributed by atoms with Crippen LogP contribution in [0.25, 0.3) is 43.2 Å². The van der Waals surface area contributed by atoms with Gasteiger partial charge in [-0.1, -0.05) is 62.3 Å². The van der Waals surface area contributed by atoms with Gasteiger partial charge in [-0.3, -0.25) is 9.59 Å². The molecular weight excluding hydrogens is 847 g/mol. The second-order valence-electron chi connectivity index (χ2n) is 17.5. The number of likely N-dealkylation sites (tertiary alicyclic amines) is 1. The number of anilines is 1. The highest BCUT2D eigenvalue weighted by atomic mass is 32.1. The van der Waals surface area contributed by atoms with Gasteiger partial charge < -0.3 is 29.9 Å². The van der Waals surface area contributed by atoms with Crippen LogP contribution in [0.2, 0.25) is 0 Å². The topological polar surface area (TPSA) is 184 Å². The van der Waals surface area contributed by atoms with E-state index >= 15 is 0 Å². The summed E-state index contributed by atoms with van der Waals surface area (Å²) in [5.74, 6) is 0.305. The summed E-state index contributed by atoms with van der Waals surface area (Å²) in [5, 5.41) is 38.6. The number of nitrogens with zero attached hydrogens (tertiary/aromatic N) is 8. The van der Waals surface area contributed by atoms with Gasteiger partial charge in [-0.05, 0) is 79.8 Å². The Morgan fingerprint density at radius 3 is 2.41 bits per heavy atom. The van der Waals surface area contributed by atoms with Crippen molar-refractivity contribution in [3.05, 3.63) is 106 Å². The monoisotopic (exact) mass is 897 g/mol. The van der Waals surface area contributed by atoms with Crippen LogP contribution in [0.4, 0.5) is 5.95 Å². The third kappa shape index (κ3) is 8.37. The first kappa shape index (κ1) is 43.2. The average Bonchev–Trinajstić information content (AvgIpc) is 4.11. The van der Waals surface area contributed by atoms with E-state index in [0.29, 0.717) is 46.1 Å². The number of aromatic hydroxyl groups is 1. The Morgan fingerprint density at radius 1 is 0.938 bits per heavy atom. The molecule has 16 heteroatoms. The number of hydrogen-bond donors (Lipinski definition) is 3. The molecule has 64 heavy (non-hydrogen) atoms. The number of para-hydroxylation sites is 1. The molecule has 0 saturated carbocycles. The molecule has 6 atom stereocenters. The summed E-state index contributed by atoms with van der Waals surface area (Å²) in [6.07, 6.45) is 3.70. The molecule has 0 aliphatic carbocycles. The van der Waals surface area contributed by atoms with E-state index in [1.165, 1.54) is 15.3 Å². The maximum Gasteiger partial charge on any atom is 0.243 e. The molecule has 14 nitrogen and oxygen atoms in total. The van der Waals surface area contributed by atoms with Crippen LogP contribution in [0.15, 0.2) is 83.1 Å². The highest BCUT2D eigenvalue weighted by molar-refractivity contribution is 7.19. The molecule has 2 aromatic carbocycles. The van der Waals surface area contributed by atoms with Crippen molar-refractivity contribution in [2.24, 2.45) is 11.8 Å². The Kier molecular flexibility index (Phi) is 12.0. The van der Waals surface area contributed by atoms with Crippen molar-refractivity contribution in [1.29, 1.82) is 0 Å². The van der Waals surface area contributed by atoms with Gasteiger partial charge in [-0.25, -0.2) is 15.0 Å². The molecular formula is C48H51N9O5S2. The summed E-state index contributed by atoms with van der Waals surface area (Å²) in [5.41, 5.74) is 8.48. The second-order valence-corrected chi connectivity index (χ2v) is 19.4. The first-order valence-electron chi connectivity index (χ1n) is 21.7. The fourth-order valence-electron chi connectivity index (χ4n) is 9.23. The van der Waals surface area contributed by atoms with Gasteiger partial charge in [0, 0.05) is 65.9 Å². The fraction of sp³-hybridized carbons (Fsp3) is 0.375. The van der Waals surface area contributed by atoms with Crippen molar-refractivity contribution in [1.82, 2.24) is 40.5 Å². The molecule has 330 valence electrons. The molecule has 2 aliphatic heterocycles. The third-order valence-corrected chi connectivity index (χ3v) is 15.1. The van der Waals surface area contributed by atoms with Crippen LogP contribution in [0.5, 0.6) is 5.75 Å². The molecule has 0 spiro atoms. The van der Waals surface area contributed by atoms with Gasteiger partial charge >= 0.3 is 0 Å². The number of fused-ring (bicyclic) bond motifs is 1. The number of benzene rings is 2. The van der Waals surface area contributed by atoms with Gasteiger partial charge in [0.15, 0.2) is 0 Å². The molecule has 2 saturated heterocycles. The Labute approximate surface area is 379 Å². The summed E-state index contributed by atoms with van der Waals surface area (Å²) in [6, 6.07) is 17.8. The number of phenols is 1. The van der Waals surface area contributed by atoms with Gasteiger partial charge in [0.25, 0.3) is 0 Å². The van der Waals surface area contributed by atoms with E-state index in [1.54, 1.807) is 53.3 Å². The maximum atomic E-state index is 14.3. The van der Waals surface area contributed by atoms with Gasteiger partial charge in [0.1, 0.15) is 34.0 Å². The number of thiophene rings is 1. The van der Waals surface area contributed by atoms with Crippen molar-refractivity contribution in [3.63, 3.8) is 0 Å². The molecule has 0 bridgehead atoms. The molecule has 7 aromatic rings. The number of aromatic nitrogens is 6. The van der Waals surface area contributed by atoms with Crippen molar-refractivity contribution in [3.8, 4) is 38.7 Å². The number of phenolic OH excluding ortho intramolecular Hbond substituents is 1. The Morgan fingerprint density at radius 2 is 1.70 bits per heavy atom. The molecule has 9 rings (SSSR count). The maximum absolute atomic E-state index is 14.3. The number of aliphatic hydroxyl groups is 1. The van der Waals surface area contributed by atoms with Crippen LogP contribution in [-0.2, 0) is 9.59 Å². The Hall–Kier alpha value is -6.10. The zero-order valence-corrected chi connectivity index (χ0v) is 38.2. The third-order valence-electron chi connectivity index (χ3n) is 12.8. The van der Waals surface area contributed by atoms with E-state index in [2.05, 4.69) is 44.4 Å². The van der Waals surface area contributed by atoms with Crippen molar-refractivity contribution in [2.75, 3.05) is 24.5 Å². The van der Waals surface area contributed by atoms with Crippen LogP contribution in [0.1, 0.15) is 85.9 Å². The molecule has 2 fully saturated rings. The molecule has 2 aliphatic rings. The van der Waals surface area contributed by atoms with Crippen molar-refractivity contribution < 1.29 is 24.3 Å². The highest BCUT2D eigenvalue weighted by Crippen LogP contribution is 2.43. The number of piperidine rings is 1. The number of aliphatic hydroxyl groups excluding tert-OH is 1. The van der Waals surface area contributed by atoms with Crippen LogP contribution >= 0.6 is 22.7 Å². The molecule has 0 unspecified atom stereocenters. The normalized spacial score (nSPS) is 19.9. The summed E-state index contributed by atoms with van der Waals surface area (Å²) in [4.78, 5) is 49.0. The van der Waals surface area contributed by atoms with Crippen LogP contribution in [0.3, 0.4) is 0 Å². The summed E-state index contributed by atoms with van der Waals surface area (Å²) < 4.78 is 5.84. The fourth-order valence-corrected chi connectivity index (χ4v) is 11.4. The molecule has 0 radical (unpaired) electrons. The SMILES string of the molecule is Cc1ncsc1-c1ccc([C@H](C)NC(=O)[C@@H]2C[C@@H](O)CN2C(=O)[C@@H](c2cc(-c3cnc(N4CC[C@@H](c5sc6nnc(-c7ccccc7O)cc6c5C)[C@H](C)C4)nc3)no2)C(C)C)cc1. The zero-order valence-electron chi connectivity index (χ0n) is 36.6. The van der Waals surface area contributed by atoms with E-state index in [9.17, 15) is 19.8 Å². The summed E-state index contributed by atoms with van der Waals surface area (Å²) >= 11 is 3.29. The second kappa shape index (κ2) is 17.8. The van der Waals surface area contributed by atoms with Gasteiger partial charge in [-0.2, -0.15) is 0 Å². The Balaban J connectivity index is 0.843. The Bertz CT molecular complexity index is 2800. The minimum absolute atomic E-state index is 0.0453. The number of hydrogen-bond acceptors (Lipinski definition) is 14. The largest absolute Gasteiger partial charge is 0.507 e. The number of carbonyl (C=O) groups is 2. The average molecular weight is 898 g/mol. The molecule has 2 amide bonds. The van der Waals surface area contributed by atoms with Crippen molar-refractivity contribution in [2.45, 2.75) is 84.4 Å². The number of carbonyl (C=O) groups excluding carboxylic acids is 2. The first-order valence-corrected chi connectivity index (χ1v) is 23.4. The van der Waals surface area contributed by atoms with Crippen molar-refractivity contribution >= 4 is 50.7 Å². The summed E-state index contributed by atoms with van der Waals surface area (Å²) in [6.45, 7) is 13.8.